The highest BCUT2D eigenvalue weighted by Gasteiger charge is 2.41. The van der Waals surface area contributed by atoms with Gasteiger partial charge in [-0.3, -0.25) is 10.1 Å². The lowest BCUT2D eigenvalue weighted by molar-refractivity contribution is -0.146. The minimum atomic E-state index is -1.42. The molecule has 1 atom stereocenters. The zero-order valence-electron chi connectivity index (χ0n) is 23.0. The van der Waals surface area contributed by atoms with Crippen LogP contribution in [0.5, 0.6) is 0 Å². The van der Waals surface area contributed by atoms with Gasteiger partial charge in [0.2, 0.25) is 0 Å². The molecule has 0 amide bonds. The molecule has 5 heteroatoms. The van der Waals surface area contributed by atoms with Gasteiger partial charge < -0.3 is 10.2 Å². The van der Waals surface area contributed by atoms with Crippen LogP contribution in [0, 0.1) is 0 Å². The molecular formula is C32H49NO4. The first-order valence-electron chi connectivity index (χ1n) is 14.7. The Hall–Kier alpha value is -2.40. The zero-order chi connectivity index (χ0) is 26.8. The Morgan fingerprint density at radius 3 is 1.68 bits per heavy atom. The number of aliphatic carboxylic acids is 2. The maximum Gasteiger partial charge on any atom is 0.328 e. The van der Waals surface area contributed by atoms with Crippen LogP contribution in [0.3, 0.4) is 0 Å². The molecule has 0 spiro atoms. The van der Waals surface area contributed by atoms with Crippen LogP contribution in [0.1, 0.15) is 122 Å². The third-order valence-corrected chi connectivity index (χ3v) is 7.56. The number of nitrogens with one attached hydrogen (secondary N) is 1. The molecule has 0 aromatic heterocycles. The zero-order valence-corrected chi connectivity index (χ0v) is 23.0. The predicted molar refractivity (Wildman–Crippen MR) is 153 cm³/mol. The highest BCUT2D eigenvalue weighted by atomic mass is 16.4. The van der Waals surface area contributed by atoms with E-state index in [0.717, 1.165) is 30.0 Å². The van der Waals surface area contributed by atoms with Crippen molar-refractivity contribution in [3.8, 4) is 0 Å². The fourth-order valence-electron chi connectivity index (χ4n) is 5.38. The Bertz CT molecular complexity index is 923. The van der Waals surface area contributed by atoms with E-state index in [1.807, 2.05) is 42.5 Å². The van der Waals surface area contributed by atoms with Gasteiger partial charge in [0.15, 0.2) is 0 Å². The number of fused-ring (bicyclic) bond motifs is 1. The van der Waals surface area contributed by atoms with Crippen LogP contribution in [0.4, 0.5) is 0 Å². The second kappa shape index (κ2) is 18.0. The van der Waals surface area contributed by atoms with Crippen molar-refractivity contribution in [1.29, 1.82) is 0 Å². The summed E-state index contributed by atoms with van der Waals surface area (Å²) in [6, 6.07) is 13.3. The Balaban J connectivity index is 1.74. The number of carbonyl (C=O) groups is 2. The second-order valence-corrected chi connectivity index (χ2v) is 10.5. The van der Waals surface area contributed by atoms with Crippen LogP contribution in [-0.4, -0.2) is 28.7 Å². The first-order chi connectivity index (χ1) is 18.0. The monoisotopic (exact) mass is 511 g/mol. The first kappa shape index (κ1) is 30.8. The minimum Gasteiger partial charge on any atom is -0.480 e. The summed E-state index contributed by atoms with van der Waals surface area (Å²) in [7, 11) is 0. The molecule has 5 nitrogen and oxygen atoms in total. The van der Waals surface area contributed by atoms with Crippen molar-refractivity contribution in [3.05, 3.63) is 48.0 Å². The fraction of sp³-hybridized carbons (Fsp3) is 0.625. The summed E-state index contributed by atoms with van der Waals surface area (Å²) in [5.41, 5.74) is -0.782. The van der Waals surface area contributed by atoms with Gasteiger partial charge in [0.05, 0.1) is 6.54 Å². The van der Waals surface area contributed by atoms with Crippen LogP contribution in [-0.2, 0) is 15.1 Å². The molecule has 2 aromatic rings. The lowest BCUT2D eigenvalue weighted by Gasteiger charge is -2.32. The summed E-state index contributed by atoms with van der Waals surface area (Å²) in [5, 5.41) is 24.3. The second-order valence-electron chi connectivity index (χ2n) is 10.5. The molecule has 0 heterocycles. The number of carboxylic acid groups (broad SMARTS) is 2. The van der Waals surface area contributed by atoms with Crippen LogP contribution in [0.2, 0.25) is 0 Å². The van der Waals surface area contributed by atoms with Crippen LogP contribution < -0.4 is 5.32 Å². The largest absolute Gasteiger partial charge is 0.480 e. The molecular weight excluding hydrogens is 462 g/mol. The Morgan fingerprint density at radius 1 is 0.676 bits per heavy atom. The normalized spacial score (nSPS) is 13.0. The highest BCUT2D eigenvalue weighted by Crippen LogP contribution is 2.34. The third-order valence-electron chi connectivity index (χ3n) is 7.56. The number of rotatable bonds is 22. The van der Waals surface area contributed by atoms with Crippen molar-refractivity contribution in [2.75, 3.05) is 6.54 Å². The summed E-state index contributed by atoms with van der Waals surface area (Å²) in [4.78, 5) is 23.9. The van der Waals surface area contributed by atoms with Crippen molar-refractivity contribution < 1.29 is 19.8 Å². The average Bonchev–Trinajstić information content (AvgIpc) is 2.89. The Labute approximate surface area is 224 Å². The van der Waals surface area contributed by atoms with E-state index >= 15 is 0 Å². The molecule has 0 saturated carbocycles. The summed E-state index contributed by atoms with van der Waals surface area (Å²) >= 11 is 0. The maximum absolute atomic E-state index is 12.6. The van der Waals surface area contributed by atoms with E-state index in [9.17, 15) is 19.8 Å². The quantitative estimate of drug-likeness (QED) is 0.138. The first-order valence-corrected chi connectivity index (χ1v) is 14.7. The van der Waals surface area contributed by atoms with Crippen molar-refractivity contribution in [2.24, 2.45) is 0 Å². The number of hydrogen-bond acceptors (Lipinski definition) is 3. The van der Waals surface area contributed by atoms with Gasteiger partial charge >= 0.3 is 11.9 Å². The van der Waals surface area contributed by atoms with Gasteiger partial charge in [0.1, 0.15) is 5.54 Å². The molecule has 0 bridgehead atoms. The smallest absolute Gasteiger partial charge is 0.328 e. The Kier molecular flexibility index (Phi) is 15.0. The molecule has 0 saturated heterocycles. The summed E-state index contributed by atoms with van der Waals surface area (Å²) in [6.07, 6.45) is 20.5. The van der Waals surface area contributed by atoms with E-state index in [1.54, 1.807) is 0 Å². The van der Waals surface area contributed by atoms with E-state index < -0.39 is 24.0 Å². The van der Waals surface area contributed by atoms with Crippen molar-refractivity contribution >= 4 is 22.7 Å². The maximum atomic E-state index is 12.6. The SMILES string of the molecule is CCCCCCCCCCCCCCCCCCC(NCC(=O)O)(C(=O)O)c1cccc2ccccc12. The van der Waals surface area contributed by atoms with Crippen molar-refractivity contribution in [3.63, 3.8) is 0 Å². The standard InChI is InChI=1S/C32H49NO4/c1-2-3-4-5-6-7-8-9-10-11-12-13-14-15-16-19-25-32(31(36)37,33-26-30(34)35)29-24-20-22-27-21-17-18-23-28(27)29/h17-18,20-24,33H,2-16,19,25-26H2,1H3,(H,34,35)(H,36,37). The van der Waals surface area contributed by atoms with Gasteiger partial charge in [0, 0.05) is 0 Å². The fourth-order valence-corrected chi connectivity index (χ4v) is 5.38. The molecule has 206 valence electrons. The molecule has 0 aliphatic rings. The lowest BCUT2D eigenvalue weighted by atomic mass is 9.81. The lowest BCUT2D eigenvalue weighted by Crippen LogP contribution is -2.51. The topological polar surface area (TPSA) is 86.6 Å². The van der Waals surface area contributed by atoms with Crippen LogP contribution in [0.15, 0.2) is 42.5 Å². The number of hydrogen-bond donors (Lipinski definition) is 3. The van der Waals surface area contributed by atoms with Gasteiger partial charge in [-0.2, -0.15) is 0 Å². The van der Waals surface area contributed by atoms with E-state index in [-0.39, 0.29) is 0 Å². The van der Waals surface area contributed by atoms with Gasteiger partial charge in [-0.1, -0.05) is 152 Å². The average molecular weight is 512 g/mol. The predicted octanol–water partition coefficient (Wildman–Crippen LogP) is 8.45. The molecule has 0 aliphatic heterocycles. The molecule has 0 radical (unpaired) electrons. The number of benzene rings is 2. The van der Waals surface area contributed by atoms with Crippen LogP contribution >= 0.6 is 0 Å². The van der Waals surface area contributed by atoms with Gasteiger partial charge in [0.25, 0.3) is 0 Å². The molecule has 2 aromatic carbocycles. The molecule has 2 rings (SSSR count). The van der Waals surface area contributed by atoms with Crippen molar-refractivity contribution in [1.82, 2.24) is 5.32 Å². The molecule has 37 heavy (non-hydrogen) atoms. The number of carboxylic acids is 2. The summed E-state index contributed by atoms with van der Waals surface area (Å²) < 4.78 is 0. The van der Waals surface area contributed by atoms with E-state index in [1.165, 1.54) is 83.5 Å². The van der Waals surface area contributed by atoms with E-state index in [2.05, 4.69) is 12.2 Å². The van der Waals surface area contributed by atoms with Gasteiger partial charge in [-0.25, -0.2) is 4.79 Å². The molecule has 3 N–H and O–H groups in total. The number of unbranched alkanes of at least 4 members (excludes halogenated alkanes) is 15. The molecule has 0 fully saturated rings. The third kappa shape index (κ3) is 10.9. The van der Waals surface area contributed by atoms with Crippen LogP contribution in [0.25, 0.3) is 10.8 Å². The Morgan fingerprint density at radius 2 is 1.16 bits per heavy atom. The molecule has 0 aliphatic carbocycles. The minimum absolute atomic E-state index is 0.363. The molecule has 1 unspecified atom stereocenters. The summed E-state index contributed by atoms with van der Waals surface area (Å²) in [5.74, 6) is -2.08. The van der Waals surface area contributed by atoms with Gasteiger partial charge in [-0.05, 0) is 22.8 Å². The van der Waals surface area contributed by atoms with Crippen molar-refractivity contribution in [2.45, 2.75) is 122 Å². The van der Waals surface area contributed by atoms with E-state index in [4.69, 9.17) is 0 Å². The highest BCUT2D eigenvalue weighted by molar-refractivity contribution is 5.93. The van der Waals surface area contributed by atoms with Gasteiger partial charge in [-0.15, -0.1) is 0 Å². The summed E-state index contributed by atoms with van der Waals surface area (Å²) in [6.45, 7) is 1.87. The van der Waals surface area contributed by atoms with E-state index in [0.29, 0.717) is 12.0 Å².